The van der Waals surface area contributed by atoms with Gasteiger partial charge in [0.1, 0.15) is 36.2 Å². The van der Waals surface area contributed by atoms with Crippen molar-refractivity contribution in [2.75, 3.05) is 18.9 Å². The molecular formula is C16H26N9O8P. The van der Waals surface area contributed by atoms with Crippen LogP contribution < -0.4 is 22.9 Å². The Morgan fingerprint density at radius 2 is 2.03 bits per heavy atom. The molecule has 18 heteroatoms. The smallest absolute Gasteiger partial charge is 0.387 e. The number of hydrogen-bond donors (Lipinski definition) is 7. The van der Waals surface area contributed by atoms with E-state index in [4.69, 9.17) is 32.2 Å². The number of hydrogen-bond acceptors (Lipinski definition) is 13. The van der Waals surface area contributed by atoms with Gasteiger partial charge >= 0.3 is 13.8 Å². The highest BCUT2D eigenvalue weighted by Crippen LogP contribution is 2.45. The number of phosphoric ester groups is 1. The Kier molecular flexibility index (Phi) is 7.98. The Morgan fingerprint density at radius 1 is 1.29 bits per heavy atom. The second-order valence-corrected chi connectivity index (χ2v) is 8.74. The van der Waals surface area contributed by atoms with Crippen molar-refractivity contribution >= 4 is 36.7 Å². The second kappa shape index (κ2) is 10.6. The molecule has 1 unspecified atom stereocenters. The number of carbonyl (C=O) groups is 1. The molecule has 3 rings (SSSR count). The first kappa shape index (κ1) is 25.7. The number of imidazole rings is 1. The summed E-state index contributed by atoms with van der Waals surface area (Å²) in [6.07, 6.45) is -2.53. The van der Waals surface area contributed by atoms with E-state index in [1.165, 1.54) is 17.2 Å². The van der Waals surface area contributed by atoms with Gasteiger partial charge in [-0.3, -0.25) is 19.0 Å². The first-order valence-corrected chi connectivity index (χ1v) is 11.5. The van der Waals surface area contributed by atoms with Gasteiger partial charge in [-0.2, -0.15) is 0 Å². The molecule has 11 N–H and O–H groups in total. The quantitative estimate of drug-likeness (QED) is 0.0739. The highest BCUT2D eigenvalue weighted by Gasteiger charge is 2.45. The molecular weight excluding hydrogens is 477 g/mol. The van der Waals surface area contributed by atoms with E-state index in [-0.39, 0.29) is 35.9 Å². The van der Waals surface area contributed by atoms with Crippen LogP contribution in [0.1, 0.15) is 19.1 Å². The molecule has 6 atom stereocenters. The number of rotatable bonds is 10. The van der Waals surface area contributed by atoms with Gasteiger partial charge in [0, 0.05) is 6.54 Å². The van der Waals surface area contributed by atoms with Gasteiger partial charge < -0.3 is 42.4 Å². The number of nitrogen functional groups attached to an aromatic ring is 1. The van der Waals surface area contributed by atoms with Gasteiger partial charge in [0.05, 0.1) is 12.9 Å². The van der Waals surface area contributed by atoms with Gasteiger partial charge in [0.15, 0.2) is 23.7 Å². The molecule has 1 aliphatic rings. The second-order valence-electron chi connectivity index (χ2n) is 7.36. The highest BCUT2D eigenvalue weighted by molar-refractivity contribution is 7.48. The SMILES string of the molecule is NC(N)=NCCC[C@H](N)C(=O)OP(=O)(O)OC[C@H]1O[C@@H](n2cnc3c(N)ncnc32)[C@H](O)[C@@H]1O. The van der Waals surface area contributed by atoms with E-state index >= 15 is 0 Å². The van der Waals surface area contributed by atoms with Crippen LogP contribution in [0.3, 0.4) is 0 Å². The number of nitrogens with two attached hydrogens (primary N) is 4. The molecule has 188 valence electrons. The summed E-state index contributed by atoms with van der Waals surface area (Å²) in [5.41, 5.74) is 22.2. The number of ether oxygens (including phenoxy) is 1. The molecule has 2 aromatic heterocycles. The maximum Gasteiger partial charge on any atom is 0.529 e. The maximum absolute atomic E-state index is 12.1. The van der Waals surface area contributed by atoms with E-state index in [9.17, 15) is 24.5 Å². The first-order chi connectivity index (χ1) is 16.0. The van der Waals surface area contributed by atoms with Crippen LogP contribution in [0.5, 0.6) is 0 Å². The van der Waals surface area contributed by atoms with Crippen molar-refractivity contribution in [1.82, 2.24) is 19.5 Å². The van der Waals surface area contributed by atoms with Gasteiger partial charge in [-0.05, 0) is 12.8 Å². The number of guanidine groups is 1. The van der Waals surface area contributed by atoms with Crippen LogP contribution in [-0.2, 0) is 23.1 Å². The molecule has 0 amide bonds. The van der Waals surface area contributed by atoms with Crippen molar-refractivity contribution in [3.63, 3.8) is 0 Å². The summed E-state index contributed by atoms with van der Waals surface area (Å²) >= 11 is 0. The fourth-order valence-electron chi connectivity index (χ4n) is 3.17. The molecule has 1 fully saturated rings. The van der Waals surface area contributed by atoms with Gasteiger partial charge in [-0.15, -0.1) is 0 Å². The van der Waals surface area contributed by atoms with E-state index in [2.05, 4.69) is 24.5 Å². The molecule has 0 saturated carbocycles. The van der Waals surface area contributed by atoms with Crippen molar-refractivity contribution in [3.8, 4) is 0 Å². The van der Waals surface area contributed by atoms with Crippen molar-refractivity contribution in [1.29, 1.82) is 0 Å². The topological polar surface area (TPSA) is 283 Å². The van der Waals surface area contributed by atoms with Crippen LogP contribution in [0.2, 0.25) is 0 Å². The van der Waals surface area contributed by atoms with Crippen LogP contribution in [0.15, 0.2) is 17.6 Å². The molecule has 0 aromatic carbocycles. The maximum atomic E-state index is 12.1. The Morgan fingerprint density at radius 3 is 2.74 bits per heavy atom. The van der Waals surface area contributed by atoms with Crippen molar-refractivity contribution in [2.45, 2.75) is 43.4 Å². The molecule has 1 saturated heterocycles. The first-order valence-electron chi connectivity index (χ1n) is 9.96. The zero-order valence-corrected chi connectivity index (χ0v) is 18.6. The standard InChI is InChI=1S/C16H26N9O8P/c17-7(2-1-3-21-16(19)20)15(28)33-34(29,30)31-4-8-10(26)11(27)14(32-8)25-6-24-9-12(18)22-5-23-13(9)25/h5-8,10-11,14,26-27H,1-4,17H2,(H,29,30)(H2,18,22,23)(H4,19,20,21)/t7-,8+,10+,11+,14+/m0/s1. The molecule has 0 aliphatic carbocycles. The molecule has 1 aliphatic heterocycles. The number of aliphatic imine (C=N–C) groups is 1. The van der Waals surface area contributed by atoms with Gasteiger partial charge in [-0.1, -0.05) is 0 Å². The van der Waals surface area contributed by atoms with Crippen LogP contribution in [0.4, 0.5) is 5.82 Å². The molecule has 0 bridgehead atoms. The lowest BCUT2D eigenvalue weighted by Crippen LogP contribution is -2.34. The number of phosphoric acid groups is 1. The summed E-state index contributed by atoms with van der Waals surface area (Å²) < 4.78 is 28.3. The number of aromatic nitrogens is 4. The largest absolute Gasteiger partial charge is 0.529 e. The summed E-state index contributed by atoms with van der Waals surface area (Å²) in [5, 5.41) is 20.7. The number of fused-ring (bicyclic) bond motifs is 1. The van der Waals surface area contributed by atoms with Crippen LogP contribution >= 0.6 is 7.82 Å². The third-order valence-corrected chi connectivity index (χ3v) is 5.76. The zero-order valence-electron chi connectivity index (χ0n) is 17.7. The monoisotopic (exact) mass is 503 g/mol. The average Bonchev–Trinajstić information content (AvgIpc) is 3.31. The number of aliphatic hydroxyl groups excluding tert-OH is 2. The minimum atomic E-state index is -4.91. The Bertz CT molecular complexity index is 1090. The summed E-state index contributed by atoms with van der Waals surface area (Å²) in [6.45, 7) is -0.485. The normalized spacial score (nSPS) is 25.1. The molecule has 3 heterocycles. The number of nitrogens with zero attached hydrogens (tertiary/aromatic N) is 5. The van der Waals surface area contributed by atoms with Crippen LogP contribution in [0.25, 0.3) is 11.2 Å². The predicted molar refractivity (Wildman–Crippen MR) is 115 cm³/mol. The molecule has 0 spiro atoms. The lowest BCUT2D eigenvalue weighted by atomic mass is 10.1. The minimum absolute atomic E-state index is 0.0842. The number of aliphatic hydroxyl groups is 2. The van der Waals surface area contributed by atoms with E-state index in [1.54, 1.807) is 0 Å². The highest BCUT2D eigenvalue weighted by atomic mass is 31.2. The van der Waals surface area contributed by atoms with Gasteiger partial charge in [0.25, 0.3) is 0 Å². The molecule has 0 radical (unpaired) electrons. The van der Waals surface area contributed by atoms with Gasteiger partial charge in [-0.25, -0.2) is 24.3 Å². The summed E-state index contributed by atoms with van der Waals surface area (Å²) in [5.74, 6) is -1.19. The summed E-state index contributed by atoms with van der Waals surface area (Å²) in [7, 11) is -4.91. The van der Waals surface area contributed by atoms with Crippen molar-refractivity contribution in [3.05, 3.63) is 12.7 Å². The summed E-state index contributed by atoms with van der Waals surface area (Å²) in [6, 6.07) is -1.22. The van der Waals surface area contributed by atoms with Crippen LogP contribution in [0, 0.1) is 0 Å². The Hall–Kier alpha value is -2.92. The average molecular weight is 503 g/mol. The van der Waals surface area contributed by atoms with Crippen molar-refractivity contribution < 1.29 is 38.3 Å². The fourth-order valence-corrected chi connectivity index (χ4v) is 3.92. The predicted octanol–water partition coefficient (Wildman–Crippen LogP) is -2.93. The number of carbonyl (C=O) groups excluding carboxylic acids is 1. The lowest BCUT2D eigenvalue weighted by molar-refractivity contribution is -0.138. The molecule has 34 heavy (non-hydrogen) atoms. The fraction of sp³-hybridized carbons (Fsp3) is 0.562. The third kappa shape index (κ3) is 5.95. The zero-order chi connectivity index (χ0) is 25.0. The van der Waals surface area contributed by atoms with Gasteiger partial charge in [0.2, 0.25) is 0 Å². The summed E-state index contributed by atoms with van der Waals surface area (Å²) in [4.78, 5) is 37.4. The minimum Gasteiger partial charge on any atom is -0.387 e. The molecule has 17 nitrogen and oxygen atoms in total. The van der Waals surface area contributed by atoms with E-state index < -0.39 is 51.0 Å². The van der Waals surface area contributed by atoms with Crippen LogP contribution in [-0.4, -0.2) is 84.1 Å². The Balaban J connectivity index is 1.56. The van der Waals surface area contributed by atoms with E-state index in [0.717, 1.165) is 0 Å². The van der Waals surface area contributed by atoms with Crippen molar-refractivity contribution in [2.24, 2.45) is 22.2 Å². The third-order valence-electron chi connectivity index (χ3n) is 4.88. The van der Waals surface area contributed by atoms with E-state index in [1.807, 2.05) is 0 Å². The number of anilines is 1. The Labute approximate surface area is 192 Å². The molecule has 2 aromatic rings. The van der Waals surface area contributed by atoms with E-state index in [0.29, 0.717) is 6.42 Å². The lowest BCUT2D eigenvalue weighted by Gasteiger charge is -2.18.